The Hall–Kier alpha value is -2.92. The van der Waals surface area contributed by atoms with Gasteiger partial charge in [-0.05, 0) is 75.2 Å². The van der Waals surface area contributed by atoms with Crippen LogP contribution in [0.4, 0.5) is 5.69 Å². The standard InChI is InChI=1S/C27H30N4O/c1-19-7-8-20(31-17-26(18-31)12-14-30(2)16-26)15-22(19)25(32)29-27(10-11-27)23-9-13-28-24-6-4-3-5-21(23)24/h3-9,13,15H,10-12,14,16-18H2,1-2H3,(H,29,32). The number of carbonyl (C=O) groups excluding carboxylic acids is 1. The molecule has 1 saturated carbocycles. The molecule has 5 heteroatoms. The first-order valence-corrected chi connectivity index (χ1v) is 11.7. The molecule has 5 nitrogen and oxygen atoms in total. The van der Waals surface area contributed by atoms with Crippen molar-refractivity contribution in [1.29, 1.82) is 0 Å². The van der Waals surface area contributed by atoms with E-state index in [2.05, 4.69) is 57.5 Å². The number of pyridine rings is 1. The fraction of sp³-hybridized carbons (Fsp3) is 0.407. The van der Waals surface area contributed by atoms with Crippen molar-refractivity contribution in [1.82, 2.24) is 15.2 Å². The van der Waals surface area contributed by atoms with E-state index in [0.717, 1.165) is 48.0 Å². The number of nitrogens with one attached hydrogen (secondary N) is 1. The Morgan fingerprint density at radius 2 is 1.84 bits per heavy atom. The van der Waals surface area contributed by atoms with E-state index in [9.17, 15) is 4.79 Å². The van der Waals surface area contributed by atoms with E-state index >= 15 is 0 Å². The molecule has 3 aromatic rings. The monoisotopic (exact) mass is 426 g/mol. The zero-order valence-corrected chi connectivity index (χ0v) is 18.9. The average molecular weight is 427 g/mol. The summed E-state index contributed by atoms with van der Waals surface area (Å²) in [5, 5.41) is 4.53. The quantitative estimate of drug-likeness (QED) is 0.682. The van der Waals surface area contributed by atoms with Gasteiger partial charge in [-0.1, -0.05) is 24.3 Å². The van der Waals surface area contributed by atoms with Crippen molar-refractivity contribution >= 4 is 22.5 Å². The molecule has 2 saturated heterocycles. The summed E-state index contributed by atoms with van der Waals surface area (Å²) < 4.78 is 0. The van der Waals surface area contributed by atoms with Crippen LogP contribution < -0.4 is 10.2 Å². The number of amides is 1. The average Bonchev–Trinajstić information content (AvgIpc) is 3.44. The molecule has 1 amide bonds. The smallest absolute Gasteiger partial charge is 0.252 e. The highest BCUT2D eigenvalue weighted by molar-refractivity contribution is 5.98. The number of benzene rings is 2. The van der Waals surface area contributed by atoms with Gasteiger partial charge in [-0.2, -0.15) is 0 Å². The maximum atomic E-state index is 13.5. The third kappa shape index (κ3) is 3.18. The van der Waals surface area contributed by atoms with E-state index in [1.54, 1.807) is 0 Å². The van der Waals surface area contributed by atoms with E-state index in [1.807, 2.05) is 31.3 Å². The van der Waals surface area contributed by atoms with Gasteiger partial charge in [0.05, 0.1) is 11.1 Å². The first kappa shape index (κ1) is 19.7. The lowest BCUT2D eigenvalue weighted by Crippen LogP contribution is -2.57. The van der Waals surface area contributed by atoms with Gasteiger partial charge in [-0.3, -0.25) is 9.78 Å². The molecule has 32 heavy (non-hydrogen) atoms. The number of aryl methyl sites for hydroxylation is 1. The lowest BCUT2D eigenvalue weighted by molar-refractivity contribution is 0.0930. The minimum Gasteiger partial charge on any atom is -0.370 e. The van der Waals surface area contributed by atoms with Gasteiger partial charge in [-0.25, -0.2) is 0 Å². The number of nitrogens with zero attached hydrogens (tertiary/aromatic N) is 3. The molecule has 164 valence electrons. The number of hydrogen-bond donors (Lipinski definition) is 1. The van der Waals surface area contributed by atoms with Crippen molar-refractivity contribution in [2.75, 3.05) is 38.1 Å². The number of rotatable bonds is 4. The maximum Gasteiger partial charge on any atom is 0.252 e. The lowest BCUT2D eigenvalue weighted by Gasteiger charge is -2.49. The predicted molar refractivity (Wildman–Crippen MR) is 128 cm³/mol. The van der Waals surface area contributed by atoms with Crippen LogP contribution in [0.1, 0.15) is 40.7 Å². The minimum atomic E-state index is -0.280. The highest BCUT2D eigenvalue weighted by Crippen LogP contribution is 2.48. The van der Waals surface area contributed by atoms with Crippen LogP contribution in [0.25, 0.3) is 10.9 Å². The summed E-state index contributed by atoms with van der Waals surface area (Å²) in [6.07, 6.45) is 5.07. The summed E-state index contributed by atoms with van der Waals surface area (Å²) >= 11 is 0. The van der Waals surface area contributed by atoms with Crippen LogP contribution in [-0.2, 0) is 5.54 Å². The van der Waals surface area contributed by atoms with Crippen LogP contribution in [0.5, 0.6) is 0 Å². The Bertz CT molecular complexity index is 1200. The number of aromatic nitrogens is 1. The molecule has 1 N–H and O–H groups in total. The third-order valence-electron chi connectivity index (χ3n) is 7.78. The van der Waals surface area contributed by atoms with Crippen LogP contribution in [0.2, 0.25) is 0 Å². The van der Waals surface area contributed by atoms with Crippen LogP contribution in [0.3, 0.4) is 0 Å². The van der Waals surface area contributed by atoms with Crippen molar-refractivity contribution in [2.24, 2.45) is 5.41 Å². The Labute approximate surface area is 189 Å². The predicted octanol–water partition coefficient (Wildman–Crippen LogP) is 4.10. The molecule has 0 radical (unpaired) electrons. The molecular weight excluding hydrogens is 396 g/mol. The topological polar surface area (TPSA) is 48.5 Å². The SMILES string of the molecule is Cc1ccc(N2CC3(CCN(C)C3)C2)cc1C(=O)NC1(c2ccnc3ccccc23)CC1. The summed E-state index contributed by atoms with van der Waals surface area (Å²) in [7, 11) is 2.21. The fourth-order valence-corrected chi connectivity index (χ4v) is 5.80. The van der Waals surface area contributed by atoms with Crippen LogP contribution >= 0.6 is 0 Å². The van der Waals surface area contributed by atoms with Crippen LogP contribution in [0.15, 0.2) is 54.7 Å². The number of para-hydroxylation sites is 1. The van der Waals surface area contributed by atoms with Gasteiger partial charge in [0.25, 0.3) is 5.91 Å². The molecule has 1 spiro atoms. The molecular formula is C27H30N4O. The van der Waals surface area contributed by atoms with E-state index in [-0.39, 0.29) is 11.4 Å². The molecule has 2 aliphatic heterocycles. The van der Waals surface area contributed by atoms with Gasteiger partial charge in [-0.15, -0.1) is 0 Å². The summed E-state index contributed by atoms with van der Waals surface area (Å²) in [5.41, 5.74) is 5.31. The molecule has 6 rings (SSSR count). The second-order valence-electron chi connectivity index (χ2n) is 10.3. The van der Waals surface area contributed by atoms with E-state index in [1.165, 1.54) is 30.8 Å². The number of anilines is 1. The highest BCUT2D eigenvalue weighted by Gasteiger charge is 2.48. The fourth-order valence-electron chi connectivity index (χ4n) is 5.80. The van der Waals surface area contributed by atoms with E-state index < -0.39 is 0 Å². The molecule has 3 heterocycles. The van der Waals surface area contributed by atoms with Gasteiger partial charge in [0.1, 0.15) is 0 Å². The summed E-state index contributed by atoms with van der Waals surface area (Å²) in [6.45, 7) is 6.60. The van der Waals surface area contributed by atoms with E-state index in [4.69, 9.17) is 0 Å². The highest BCUT2D eigenvalue weighted by atomic mass is 16.1. The van der Waals surface area contributed by atoms with Crippen LogP contribution in [-0.4, -0.2) is 49.0 Å². The molecule has 0 unspecified atom stereocenters. The number of hydrogen-bond acceptors (Lipinski definition) is 4. The third-order valence-corrected chi connectivity index (χ3v) is 7.78. The molecule has 3 aliphatic rings. The second kappa shape index (κ2) is 7.04. The maximum absolute atomic E-state index is 13.5. The van der Waals surface area contributed by atoms with Gasteiger partial charge >= 0.3 is 0 Å². The largest absolute Gasteiger partial charge is 0.370 e. The Morgan fingerprint density at radius 1 is 1.03 bits per heavy atom. The molecule has 1 aliphatic carbocycles. The van der Waals surface area contributed by atoms with Gasteiger partial charge in [0.15, 0.2) is 0 Å². The molecule has 0 atom stereocenters. The summed E-state index contributed by atoms with van der Waals surface area (Å²) in [5.74, 6) is 0.0265. The Morgan fingerprint density at radius 3 is 2.59 bits per heavy atom. The lowest BCUT2D eigenvalue weighted by atomic mass is 9.78. The Balaban J connectivity index is 1.24. The summed E-state index contributed by atoms with van der Waals surface area (Å²) in [6, 6.07) is 16.6. The zero-order chi connectivity index (χ0) is 21.9. The second-order valence-corrected chi connectivity index (χ2v) is 10.3. The van der Waals surface area contributed by atoms with Gasteiger partial charge in [0.2, 0.25) is 0 Å². The number of fused-ring (bicyclic) bond motifs is 1. The van der Waals surface area contributed by atoms with Crippen molar-refractivity contribution in [3.05, 3.63) is 71.4 Å². The molecule has 3 fully saturated rings. The van der Waals surface area contributed by atoms with E-state index in [0.29, 0.717) is 5.41 Å². The molecule has 2 aromatic carbocycles. The molecule has 0 bridgehead atoms. The Kier molecular flexibility index (Phi) is 4.34. The van der Waals surface area contributed by atoms with Crippen molar-refractivity contribution in [3.63, 3.8) is 0 Å². The first-order valence-electron chi connectivity index (χ1n) is 11.7. The normalized spacial score (nSPS) is 21.0. The zero-order valence-electron chi connectivity index (χ0n) is 18.9. The van der Waals surface area contributed by atoms with Crippen LogP contribution in [0, 0.1) is 12.3 Å². The minimum absolute atomic E-state index is 0.0265. The first-order chi connectivity index (χ1) is 15.5. The van der Waals surface area contributed by atoms with Crippen molar-refractivity contribution < 1.29 is 4.79 Å². The molecule has 1 aromatic heterocycles. The van der Waals surface area contributed by atoms with Crippen molar-refractivity contribution in [2.45, 2.75) is 31.7 Å². The number of carbonyl (C=O) groups is 1. The van der Waals surface area contributed by atoms with Crippen molar-refractivity contribution in [3.8, 4) is 0 Å². The summed E-state index contributed by atoms with van der Waals surface area (Å²) in [4.78, 5) is 22.8. The number of likely N-dealkylation sites (tertiary alicyclic amines) is 1. The van der Waals surface area contributed by atoms with Gasteiger partial charge < -0.3 is 15.1 Å². The van der Waals surface area contributed by atoms with Gasteiger partial charge in [0, 0.05) is 47.9 Å².